The van der Waals surface area contributed by atoms with E-state index in [0.717, 1.165) is 0 Å². The van der Waals surface area contributed by atoms with Crippen LogP contribution in [0.1, 0.15) is 12.8 Å². The molecular formula is C13H10O4. The fraction of sp³-hybridized carbons (Fsp3) is 0.385. The fourth-order valence-electron chi connectivity index (χ4n) is 1.93. The van der Waals surface area contributed by atoms with Crippen molar-refractivity contribution < 1.29 is 19.8 Å². The van der Waals surface area contributed by atoms with Gasteiger partial charge in [0.05, 0.1) is 12.3 Å². The molecule has 2 aliphatic rings. The number of hydrogen-bond donors (Lipinski definition) is 2. The summed E-state index contributed by atoms with van der Waals surface area (Å²) in [5, 5.41) is 19.7. The number of Topliss-reactive ketones (excluding diaryl/α,β-unsaturated/α-hetero) is 2. The molecule has 0 aromatic rings. The normalized spacial score (nSPS) is 37.3. The summed E-state index contributed by atoms with van der Waals surface area (Å²) < 4.78 is 0. The number of aliphatic hydroxyl groups excluding tert-OH is 1. The molecule has 0 aromatic carbocycles. The molecule has 0 aromatic heterocycles. The maximum atomic E-state index is 12.0. The summed E-state index contributed by atoms with van der Waals surface area (Å²) in [5.74, 6) is 7.91. The summed E-state index contributed by atoms with van der Waals surface area (Å²) in [6.07, 6.45) is 1.13. The molecule has 0 heterocycles. The van der Waals surface area contributed by atoms with Crippen molar-refractivity contribution in [3.63, 3.8) is 0 Å². The van der Waals surface area contributed by atoms with Crippen LogP contribution in [0.2, 0.25) is 0 Å². The van der Waals surface area contributed by atoms with Crippen LogP contribution in [0.3, 0.4) is 0 Å². The number of aliphatic hydroxyl groups is 2. The molecule has 0 spiro atoms. The molecule has 1 fully saturated rings. The predicted molar refractivity (Wildman–Crippen MR) is 58.4 cm³/mol. The van der Waals surface area contributed by atoms with Gasteiger partial charge in [-0.05, 0) is 12.2 Å². The first kappa shape index (κ1) is 11.6. The second-order valence-electron chi connectivity index (χ2n) is 4.09. The Morgan fingerprint density at radius 2 is 2.00 bits per heavy atom. The van der Waals surface area contributed by atoms with Crippen molar-refractivity contribution in [1.29, 1.82) is 0 Å². The minimum Gasteiger partial charge on any atom is -0.380 e. The Morgan fingerprint density at radius 3 is 2.76 bits per heavy atom. The van der Waals surface area contributed by atoms with E-state index in [-0.39, 0.29) is 18.6 Å². The first-order valence-electron chi connectivity index (χ1n) is 5.18. The van der Waals surface area contributed by atoms with Crippen molar-refractivity contribution in [1.82, 2.24) is 0 Å². The Labute approximate surface area is 98.3 Å². The van der Waals surface area contributed by atoms with Gasteiger partial charge in [0.25, 0.3) is 0 Å². The second-order valence-corrected chi connectivity index (χ2v) is 4.09. The molecule has 1 unspecified atom stereocenters. The van der Waals surface area contributed by atoms with Crippen molar-refractivity contribution in [2.24, 2.45) is 5.92 Å². The van der Waals surface area contributed by atoms with Gasteiger partial charge in [0.15, 0.2) is 11.4 Å². The van der Waals surface area contributed by atoms with Gasteiger partial charge in [0.2, 0.25) is 0 Å². The second kappa shape index (κ2) is 4.18. The van der Waals surface area contributed by atoms with Gasteiger partial charge in [0.1, 0.15) is 11.9 Å². The largest absolute Gasteiger partial charge is 0.380 e. The number of ketones is 2. The number of rotatable bonds is 0. The molecule has 4 nitrogen and oxygen atoms in total. The standard InChI is InChI=1S/C13H10O4/c14-9-7-10-11(15)5-3-1-2-4-6-13(17,8-9)12(10)16/h1-2,10-11,15,17H,7-8H2/b2-1-/t10?,11-,13-/m0/s1. The smallest absolute Gasteiger partial charge is 0.191 e. The Hall–Kier alpha value is -1.88. The van der Waals surface area contributed by atoms with Crippen LogP contribution >= 0.6 is 0 Å². The highest BCUT2D eigenvalue weighted by Crippen LogP contribution is 2.29. The van der Waals surface area contributed by atoms with Gasteiger partial charge in [-0.3, -0.25) is 9.59 Å². The molecule has 0 amide bonds. The average molecular weight is 230 g/mol. The van der Waals surface area contributed by atoms with Crippen LogP contribution in [-0.2, 0) is 9.59 Å². The molecule has 4 heteroatoms. The van der Waals surface area contributed by atoms with Gasteiger partial charge in [-0.2, -0.15) is 0 Å². The highest BCUT2D eigenvalue weighted by atomic mass is 16.3. The van der Waals surface area contributed by atoms with E-state index < -0.39 is 23.4 Å². The van der Waals surface area contributed by atoms with E-state index in [1.54, 1.807) is 0 Å². The molecule has 2 bridgehead atoms. The van der Waals surface area contributed by atoms with Gasteiger partial charge >= 0.3 is 0 Å². The predicted octanol–water partition coefficient (Wildman–Crippen LogP) is -0.797. The van der Waals surface area contributed by atoms with E-state index in [9.17, 15) is 19.8 Å². The van der Waals surface area contributed by atoms with Crippen LogP contribution in [-0.4, -0.2) is 33.5 Å². The number of carbonyl (C=O) groups is 2. The molecule has 2 aliphatic carbocycles. The molecule has 1 saturated carbocycles. The Balaban J connectivity index is 2.50. The summed E-state index contributed by atoms with van der Waals surface area (Å²) >= 11 is 0. The molecule has 3 atom stereocenters. The third-order valence-corrected chi connectivity index (χ3v) is 2.79. The monoisotopic (exact) mass is 230 g/mol. The fourth-order valence-corrected chi connectivity index (χ4v) is 1.93. The lowest BCUT2D eigenvalue weighted by molar-refractivity contribution is -0.150. The van der Waals surface area contributed by atoms with Crippen molar-refractivity contribution in [3.8, 4) is 23.7 Å². The number of carbonyl (C=O) groups excluding carboxylic acids is 2. The summed E-state index contributed by atoms with van der Waals surface area (Å²) in [6.45, 7) is 0. The highest BCUT2D eigenvalue weighted by Gasteiger charge is 2.48. The van der Waals surface area contributed by atoms with E-state index in [1.807, 2.05) is 0 Å². The molecule has 0 radical (unpaired) electrons. The SMILES string of the molecule is O=C1CC2C(=O)[C@](O)(C#C/C=C\C#C[C@@H]2O)C1. The first-order chi connectivity index (χ1) is 8.03. The molecule has 0 aliphatic heterocycles. The van der Waals surface area contributed by atoms with Gasteiger partial charge in [-0.25, -0.2) is 0 Å². The molecule has 17 heavy (non-hydrogen) atoms. The van der Waals surface area contributed by atoms with Crippen LogP contribution in [0.5, 0.6) is 0 Å². The van der Waals surface area contributed by atoms with E-state index in [1.165, 1.54) is 12.2 Å². The van der Waals surface area contributed by atoms with E-state index in [0.29, 0.717) is 0 Å². The van der Waals surface area contributed by atoms with Crippen LogP contribution in [0.4, 0.5) is 0 Å². The van der Waals surface area contributed by atoms with E-state index in [4.69, 9.17) is 0 Å². The average Bonchev–Trinajstić information content (AvgIpc) is 2.26. The number of fused-ring (bicyclic) bond motifs is 2. The van der Waals surface area contributed by atoms with E-state index in [2.05, 4.69) is 23.7 Å². The van der Waals surface area contributed by atoms with Crippen molar-refractivity contribution in [2.45, 2.75) is 24.5 Å². The summed E-state index contributed by atoms with van der Waals surface area (Å²) in [5.41, 5.74) is -1.98. The number of hydrogen-bond acceptors (Lipinski definition) is 4. The summed E-state index contributed by atoms with van der Waals surface area (Å²) in [4.78, 5) is 23.4. The Kier molecular flexibility index (Phi) is 2.85. The highest BCUT2D eigenvalue weighted by molar-refractivity contribution is 6.03. The van der Waals surface area contributed by atoms with Crippen molar-refractivity contribution in [2.75, 3.05) is 0 Å². The minimum absolute atomic E-state index is 0.0949. The number of allylic oxidation sites excluding steroid dienone is 2. The Bertz CT molecular complexity index is 523. The molecule has 0 saturated heterocycles. The van der Waals surface area contributed by atoms with Crippen LogP contribution in [0, 0.1) is 29.6 Å². The molecule has 2 N–H and O–H groups in total. The lowest BCUT2D eigenvalue weighted by atomic mass is 9.74. The topological polar surface area (TPSA) is 74.6 Å². The van der Waals surface area contributed by atoms with Crippen LogP contribution in [0.25, 0.3) is 0 Å². The van der Waals surface area contributed by atoms with Gasteiger partial charge in [-0.15, -0.1) is 0 Å². The van der Waals surface area contributed by atoms with Gasteiger partial charge < -0.3 is 10.2 Å². The quantitative estimate of drug-likeness (QED) is 0.534. The van der Waals surface area contributed by atoms with Crippen LogP contribution in [0.15, 0.2) is 12.2 Å². The molecule has 2 rings (SSSR count). The molecular weight excluding hydrogens is 220 g/mol. The zero-order chi connectivity index (χ0) is 12.5. The summed E-state index contributed by atoms with van der Waals surface area (Å²) in [7, 11) is 0. The van der Waals surface area contributed by atoms with Crippen molar-refractivity contribution in [3.05, 3.63) is 12.2 Å². The zero-order valence-electron chi connectivity index (χ0n) is 8.93. The third-order valence-electron chi connectivity index (χ3n) is 2.79. The van der Waals surface area contributed by atoms with Crippen LogP contribution < -0.4 is 0 Å². The van der Waals surface area contributed by atoms with E-state index >= 15 is 0 Å². The lowest BCUT2D eigenvalue weighted by Crippen LogP contribution is -2.51. The van der Waals surface area contributed by atoms with Gasteiger partial charge in [0, 0.05) is 6.42 Å². The lowest BCUT2D eigenvalue weighted by Gasteiger charge is -2.31. The third kappa shape index (κ3) is 2.14. The van der Waals surface area contributed by atoms with Gasteiger partial charge in [-0.1, -0.05) is 23.7 Å². The maximum Gasteiger partial charge on any atom is 0.191 e. The first-order valence-corrected chi connectivity index (χ1v) is 5.18. The zero-order valence-corrected chi connectivity index (χ0v) is 8.93. The minimum atomic E-state index is -1.98. The molecule has 86 valence electrons. The Morgan fingerprint density at radius 1 is 1.29 bits per heavy atom. The summed E-state index contributed by atoms with van der Waals surface area (Å²) in [6, 6.07) is 0. The maximum absolute atomic E-state index is 12.0. The van der Waals surface area contributed by atoms with Crippen molar-refractivity contribution >= 4 is 11.6 Å².